The van der Waals surface area contributed by atoms with E-state index in [2.05, 4.69) is 43.2 Å². The minimum Gasteiger partial charge on any atom is -0.438 e. The Balaban J connectivity index is 2.22. The summed E-state index contributed by atoms with van der Waals surface area (Å²) in [4.78, 5) is 4.36. The molecule has 0 aliphatic carbocycles. The van der Waals surface area contributed by atoms with E-state index in [1.807, 2.05) is 25.1 Å². The van der Waals surface area contributed by atoms with Crippen molar-refractivity contribution in [3.8, 4) is 11.6 Å². The summed E-state index contributed by atoms with van der Waals surface area (Å²) in [5.74, 6) is 1.55. The minimum atomic E-state index is 0.434. The Labute approximate surface area is 121 Å². The molecule has 0 spiro atoms. The molecule has 20 heavy (non-hydrogen) atoms. The van der Waals surface area contributed by atoms with Gasteiger partial charge in [0, 0.05) is 24.3 Å². The van der Waals surface area contributed by atoms with Gasteiger partial charge in [0.25, 0.3) is 0 Å². The minimum absolute atomic E-state index is 0.434. The molecule has 106 valence electrons. The van der Waals surface area contributed by atoms with Crippen LogP contribution in [0.15, 0.2) is 36.5 Å². The van der Waals surface area contributed by atoms with E-state index in [1.165, 1.54) is 5.56 Å². The molecule has 0 bridgehead atoms. The molecule has 3 heteroatoms. The third kappa shape index (κ3) is 3.81. The molecule has 1 heterocycles. The first-order valence-electron chi connectivity index (χ1n) is 6.98. The molecule has 0 saturated heterocycles. The van der Waals surface area contributed by atoms with Gasteiger partial charge in [-0.2, -0.15) is 0 Å². The molecule has 0 fully saturated rings. The van der Waals surface area contributed by atoms with Crippen LogP contribution in [0.2, 0.25) is 0 Å². The molecule has 0 aliphatic rings. The van der Waals surface area contributed by atoms with Crippen molar-refractivity contribution in [1.82, 2.24) is 10.3 Å². The number of aryl methyl sites for hydroxylation is 2. The molecule has 2 rings (SSSR count). The number of hydrogen-bond donors (Lipinski definition) is 1. The molecule has 0 aliphatic heterocycles. The van der Waals surface area contributed by atoms with Gasteiger partial charge in [-0.05, 0) is 37.1 Å². The highest BCUT2D eigenvalue weighted by molar-refractivity contribution is 5.39. The van der Waals surface area contributed by atoms with E-state index in [-0.39, 0.29) is 0 Å². The molecule has 2 aromatic rings. The smallest absolute Gasteiger partial charge is 0.223 e. The van der Waals surface area contributed by atoms with Crippen LogP contribution in [0, 0.1) is 13.8 Å². The summed E-state index contributed by atoms with van der Waals surface area (Å²) in [6.45, 7) is 9.12. The maximum absolute atomic E-state index is 6.00. The maximum atomic E-state index is 6.00. The monoisotopic (exact) mass is 270 g/mol. The highest BCUT2D eigenvalue weighted by Crippen LogP contribution is 2.26. The first-order chi connectivity index (χ1) is 9.56. The van der Waals surface area contributed by atoms with Crippen molar-refractivity contribution in [3.05, 3.63) is 53.2 Å². The number of hydrogen-bond acceptors (Lipinski definition) is 3. The van der Waals surface area contributed by atoms with E-state index in [0.29, 0.717) is 11.9 Å². The molecule has 3 nitrogen and oxygen atoms in total. The number of nitrogens with one attached hydrogen (secondary N) is 1. The van der Waals surface area contributed by atoms with Crippen LogP contribution < -0.4 is 10.1 Å². The van der Waals surface area contributed by atoms with Crippen molar-refractivity contribution >= 4 is 0 Å². The lowest BCUT2D eigenvalue weighted by Gasteiger charge is -2.14. The first-order valence-corrected chi connectivity index (χ1v) is 6.98. The third-order valence-corrected chi connectivity index (χ3v) is 3.10. The number of ether oxygens (including phenoxy) is 1. The molecular weight excluding hydrogens is 248 g/mol. The topological polar surface area (TPSA) is 34.1 Å². The van der Waals surface area contributed by atoms with Crippen LogP contribution in [0.4, 0.5) is 0 Å². The zero-order chi connectivity index (χ0) is 14.5. The Kier molecular flexibility index (Phi) is 4.74. The maximum Gasteiger partial charge on any atom is 0.223 e. The second-order valence-corrected chi connectivity index (χ2v) is 5.37. The Morgan fingerprint density at radius 2 is 2.00 bits per heavy atom. The van der Waals surface area contributed by atoms with Crippen LogP contribution in [0.25, 0.3) is 0 Å². The van der Waals surface area contributed by atoms with E-state index in [0.717, 1.165) is 23.4 Å². The number of nitrogens with zero attached hydrogens (tertiary/aromatic N) is 1. The summed E-state index contributed by atoms with van der Waals surface area (Å²) in [6.07, 6.45) is 1.76. The van der Waals surface area contributed by atoms with E-state index >= 15 is 0 Å². The van der Waals surface area contributed by atoms with Gasteiger partial charge >= 0.3 is 0 Å². The largest absolute Gasteiger partial charge is 0.438 e. The Hall–Kier alpha value is -1.87. The quantitative estimate of drug-likeness (QED) is 0.892. The van der Waals surface area contributed by atoms with Crippen molar-refractivity contribution in [2.75, 3.05) is 0 Å². The van der Waals surface area contributed by atoms with Gasteiger partial charge < -0.3 is 10.1 Å². The lowest BCUT2D eigenvalue weighted by Crippen LogP contribution is -2.22. The van der Waals surface area contributed by atoms with Gasteiger partial charge in [0.2, 0.25) is 5.88 Å². The molecule has 1 aromatic heterocycles. The van der Waals surface area contributed by atoms with Crippen molar-refractivity contribution in [1.29, 1.82) is 0 Å². The first kappa shape index (κ1) is 14.5. The van der Waals surface area contributed by atoms with Crippen LogP contribution in [-0.4, -0.2) is 11.0 Å². The number of rotatable bonds is 5. The summed E-state index contributed by atoms with van der Waals surface area (Å²) in [5, 5.41) is 3.39. The summed E-state index contributed by atoms with van der Waals surface area (Å²) >= 11 is 0. The molecule has 0 unspecified atom stereocenters. The second-order valence-electron chi connectivity index (χ2n) is 5.37. The fraction of sp³-hybridized carbons (Fsp3) is 0.353. The third-order valence-electron chi connectivity index (χ3n) is 3.10. The van der Waals surface area contributed by atoms with Crippen LogP contribution in [0.5, 0.6) is 11.6 Å². The van der Waals surface area contributed by atoms with Gasteiger partial charge in [-0.25, -0.2) is 4.98 Å². The van der Waals surface area contributed by atoms with Crippen LogP contribution in [0.3, 0.4) is 0 Å². The lowest BCUT2D eigenvalue weighted by molar-refractivity contribution is 0.447. The predicted molar refractivity (Wildman–Crippen MR) is 82.2 cm³/mol. The van der Waals surface area contributed by atoms with E-state index < -0.39 is 0 Å². The second kappa shape index (κ2) is 6.53. The highest BCUT2D eigenvalue weighted by atomic mass is 16.5. The van der Waals surface area contributed by atoms with Crippen LogP contribution in [-0.2, 0) is 6.54 Å². The zero-order valence-corrected chi connectivity index (χ0v) is 12.6. The van der Waals surface area contributed by atoms with E-state index in [1.54, 1.807) is 6.20 Å². The number of aromatic nitrogens is 1. The molecule has 0 radical (unpaired) electrons. The Morgan fingerprint density at radius 3 is 2.75 bits per heavy atom. The fourth-order valence-electron chi connectivity index (χ4n) is 1.89. The normalized spacial score (nSPS) is 10.8. The predicted octanol–water partition coefficient (Wildman–Crippen LogP) is 3.99. The number of pyridine rings is 1. The number of benzene rings is 1. The zero-order valence-electron chi connectivity index (χ0n) is 12.6. The average Bonchev–Trinajstić information content (AvgIpc) is 2.42. The van der Waals surface area contributed by atoms with Crippen LogP contribution in [0.1, 0.15) is 30.5 Å². The summed E-state index contributed by atoms with van der Waals surface area (Å²) in [6, 6.07) is 10.6. The van der Waals surface area contributed by atoms with E-state index in [4.69, 9.17) is 4.74 Å². The van der Waals surface area contributed by atoms with Crippen molar-refractivity contribution in [2.45, 2.75) is 40.3 Å². The van der Waals surface area contributed by atoms with Gasteiger partial charge in [-0.3, -0.25) is 0 Å². The summed E-state index contributed by atoms with van der Waals surface area (Å²) in [5.41, 5.74) is 3.37. The van der Waals surface area contributed by atoms with Gasteiger partial charge in [0.15, 0.2) is 0 Å². The van der Waals surface area contributed by atoms with Crippen LogP contribution >= 0.6 is 0 Å². The molecule has 0 atom stereocenters. The average molecular weight is 270 g/mol. The van der Waals surface area contributed by atoms with Gasteiger partial charge in [0.1, 0.15) is 5.75 Å². The lowest BCUT2D eigenvalue weighted by atomic mass is 10.1. The van der Waals surface area contributed by atoms with E-state index in [9.17, 15) is 0 Å². The standard InChI is InChI=1S/C17H22N2O/c1-12(2)19-11-15-6-5-9-18-17(15)20-16-10-13(3)7-8-14(16)4/h5-10,12,19H,11H2,1-4H3. The van der Waals surface area contributed by atoms with Crippen molar-refractivity contribution in [3.63, 3.8) is 0 Å². The molecule has 0 saturated carbocycles. The van der Waals surface area contributed by atoms with Gasteiger partial charge in [-0.1, -0.05) is 32.0 Å². The Morgan fingerprint density at radius 1 is 1.20 bits per heavy atom. The summed E-state index contributed by atoms with van der Waals surface area (Å²) < 4.78 is 6.00. The Bertz CT molecular complexity index is 579. The summed E-state index contributed by atoms with van der Waals surface area (Å²) in [7, 11) is 0. The van der Waals surface area contributed by atoms with Crippen molar-refractivity contribution < 1.29 is 4.74 Å². The molecule has 1 aromatic carbocycles. The fourth-order valence-corrected chi connectivity index (χ4v) is 1.89. The van der Waals surface area contributed by atoms with Gasteiger partial charge in [0.05, 0.1) is 0 Å². The molecular formula is C17H22N2O. The SMILES string of the molecule is Cc1ccc(C)c(Oc2ncccc2CNC(C)C)c1. The highest BCUT2D eigenvalue weighted by Gasteiger charge is 2.08. The van der Waals surface area contributed by atoms with Gasteiger partial charge in [-0.15, -0.1) is 0 Å². The van der Waals surface area contributed by atoms with Crippen molar-refractivity contribution in [2.24, 2.45) is 0 Å². The molecule has 1 N–H and O–H groups in total. The molecule has 0 amide bonds.